The highest BCUT2D eigenvalue weighted by Crippen LogP contribution is 2.28. The van der Waals surface area contributed by atoms with Crippen molar-refractivity contribution in [2.45, 2.75) is 20.8 Å². The number of hydrogen-bond acceptors (Lipinski definition) is 4. The number of nitrogens with zero attached hydrogens (tertiary/aromatic N) is 3. The van der Waals surface area contributed by atoms with Gasteiger partial charge in [0.1, 0.15) is 11.5 Å². The number of rotatable bonds is 3. The molecule has 2 N–H and O–H groups in total. The second kappa shape index (κ2) is 6.96. The Morgan fingerprint density at radius 2 is 1.96 bits per heavy atom. The SMILES string of the molecule is CC(C)(C)C(=O)N1CCN(c2[nH]ncc2Nc2cccc(Cl)c2)CC1. The summed E-state index contributed by atoms with van der Waals surface area (Å²) in [7, 11) is 0. The first-order valence-corrected chi connectivity index (χ1v) is 8.83. The number of carbonyl (C=O) groups excluding carboxylic acids is 1. The fourth-order valence-electron chi connectivity index (χ4n) is 2.94. The highest BCUT2D eigenvalue weighted by Gasteiger charge is 2.30. The summed E-state index contributed by atoms with van der Waals surface area (Å²) < 4.78 is 0. The van der Waals surface area contributed by atoms with Crippen LogP contribution in [0.2, 0.25) is 5.02 Å². The van der Waals surface area contributed by atoms with Crippen LogP contribution in [-0.2, 0) is 4.79 Å². The smallest absolute Gasteiger partial charge is 0.228 e. The van der Waals surface area contributed by atoms with Gasteiger partial charge in [0, 0.05) is 42.3 Å². The third-order valence-corrected chi connectivity index (χ3v) is 4.48. The molecule has 1 aliphatic heterocycles. The van der Waals surface area contributed by atoms with E-state index < -0.39 is 0 Å². The molecule has 0 radical (unpaired) electrons. The second-order valence-electron chi connectivity index (χ2n) is 7.30. The van der Waals surface area contributed by atoms with Gasteiger partial charge in [-0.15, -0.1) is 0 Å². The highest BCUT2D eigenvalue weighted by molar-refractivity contribution is 6.30. The zero-order valence-electron chi connectivity index (χ0n) is 14.8. The summed E-state index contributed by atoms with van der Waals surface area (Å²) >= 11 is 6.04. The highest BCUT2D eigenvalue weighted by atomic mass is 35.5. The molecule has 0 aliphatic carbocycles. The molecular weight excluding hydrogens is 338 g/mol. The van der Waals surface area contributed by atoms with E-state index in [9.17, 15) is 4.79 Å². The van der Waals surface area contributed by atoms with Gasteiger partial charge in [-0.3, -0.25) is 9.89 Å². The molecule has 2 aromatic rings. The van der Waals surface area contributed by atoms with Gasteiger partial charge in [0.25, 0.3) is 0 Å². The van der Waals surface area contributed by atoms with Crippen LogP contribution in [0.25, 0.3) is 0 Å². The molecule has 134 valence electrons. The van der Waals surface area contributed by atoms with Crippen molar-refractivity contribution in [3.63, 3.8) is 0 Å². The van der Waals surface area contributed by atoms with Gasteiger partial charge in [-0.2, -0.15) is 5.10 Å². The van der Waals surface area contributed by atoms with Crippen LogP contribution in [0.1, 0.15) is 20.8 Å². The van der Waals surface area contributed by atoms with Crippen molar-refractivity contribution >= 4 is 34.7 Å². The summed E-state index contributed by atoms with van der Waals surface area (Å²) in [5.74, 6) is 1.14. The van der Waals surface area contributed by atoms with Gasteiger partial charge in [-0.25, -0.2) is 0 Å². The normalized spacial score (nSPS) is 15.4. The van der Waals surface area contributed by atoms with Gasteiger partial charge >= 0.3 is 0 Å². The van der Waals surface area contributed by atoms with E-state index in [2.05, 4.69) is 20.4 Å². The molecule has 25 heavy (non-hydrogen) atoms. The van der Waals surface area contributed by atoms with Crippen molar-refractivity contribution in [1.82, 2.24) is 15.1 Å². The van der Waals surface area contributed by atoms with E-state index in [0.29, 0.717) is 18.1 Å². The molecule has 1 aromatic heterocycles. The topological polar surface area (TPSA) is 64.3 Å². The number of hydrogen-bond donors (Lipinski definition) is 2. The summed E-state index contributed by atoms with van der Waals surface area (Å²) in [6.07, 6.45) is 1.77. The average molecular weight is 362 g/mol. The third-order valence-electron chi connectivity index (χ3n) is 4.25. The number of amides is 1. The molecule has 1 amide bonds. The van der Waals surface area contributed by atoms with Gasteiger partial charge in [-0.1, -0.05) is 38.4 Å². The molecular formula is C18H24ClN5O. The third kappa shape index (κ3) is 4.07. The van der Waals surface area contributed by atoms with E-state index in [-0.39, 0.29) is 11.3 Å². The minimum Gasteiger partial charge on any atom is -0.352 e. The molecule has 0 atom stereocenters. The first-order chi connectivity index (χ1) is 11.8. The van der Waals surface area contributed by atoms with Crippen molar-refractivity contribution in [3.8, 4) is 0 Å². The predicted octanol–water partition coefficient (Wildman–Crippen LogP) is 3.50. The van der Waals surface area contributed by atoms with Crippen LogP contribution in [0.3, 0.4) is 0 Å². The summed E-state index contributed by atoms with van der Waals surface area (Å²) in [5, 5.41) is 11.3. The lowest BCUT2D eigenvalue weighted by molar-refractivity contribution is -0.139. The average Bonchev–Trinajstić information content (AvgIpc) is 3.01. The maximum Gasteiger partial charge on any atom is 0.228 e. The van der Waals surface area contributed by atoms with Crippen LogP contribution >= 0.6 is 11.6 Å². The number of carbonyl (C=O) groups is 1. The van der Waals surface area contributed by atoms with Crippen LogP contribution < -0.4 is 10.2 Å². The Balaban J connectivity index is 1.67. The van der Waals surface area contributed by atoms with Gasteiger partial charge in [-0.05, 0) is 18.2 Å². The Bertz CT molecular complexity index is 744. The maximum absolute atomic E-state index is 12.4. The van der Waals surface area contributed by atoms with E-state index >= 15 is 0 Å². The minimum atomic E-state index is -0.338. The number of benzene rings is 1. The molecule has 3 rings (SSSR count). The van der Waals surface area contributed by atoms with E-state index in [0.717, 1.165) is 30.3 Å². The maximum atomic E-state index is 12.4. The summed E-state index contributed by atoms with van der Waals surface area (Å²) in [6.45, 7) is 8.86. The lowest BCUT2D eigenvalue weighted by Crippen LogP contribution is -2.51. The van der Waals surface area contributed by atoms with E-state index in [4.69, 9.17) is 11.6 Å². The van der Waals surface area contributed by atoms with E-state index in [1.54, 1.807) is 6.20 Å². The lowest BCUT2D eigenvalue weighted by atomic mass is 9.94. The van der Waals surface area contributed by atoms with Crippen LogP contribution in [0.15, 0.2) is 30.5 Å². The number of anilines is 3. The molecule has 2 heterocycles. The molecule has 0 unspecified atom stereocenters. The molecule has 1 fully saturated rings. The van der Waals surface area contributed by atoms with Crippen LogP contribution in [0, 0.1) is 5.41 Å². The molecule has 6 nitrogen and oxygen atoms in total. The second-order valence-corrected chi connectivity index (χ2v) is 7.73. The molecule has 1 aliphatic rings. The fraction of sp³-hybridized carbons (Fsp3) is 0.444. The summed E-state index contributed by atoms with van der Waals surface area (Å²) in [5.41, 5.74) is 1.48. The van der Waals surface area contributed by atoms with Crippen molar-refractivity contribution in [2.75, 3.05) is 36.4 Å². The van der Waals surface area contributed by atoms with Crippen LogP contribution in [0.5, 0.6) is 0 Å². The number of piperazine rings is 1. The van der Waals surface area contributed by atoms with Crippen molar-refractivity contribution < 1.29 is 4.79 Å². The Hall–Kier alpha value is -2.21. The van der Waals surface area contributed by atoms with Gasteiger partial charge in [0.05, 0.1) is 6.20 Å². The molecule has 1 saturated heterocycles. The number of aromatic nitrogens is 2. The van der Waals surface area contributed by atoms with Crippen molar-refractivity contribution in [3.05, 3.63) is 35.5 Å². The monoisotopic (exact) mass is 361 g/mol. The Labute approximate surface area is 153 Å². The summed E-state index contributed by atoms with van der Waals surface area (Å²) in [6, 6.07) is 7.58. The van der Waals surface area contributed by atoms with Gasteiger partial charge in [0.15, 0.2) is 0 Å². The lowest BCUT2D eigenvalue weighted by Gasteiger charge is -2.38. The first-order valence-electron chi connectivity index (χ1n) is 8.45. The number of nitrogens with one attached hydrogen (secondary N) is 2. The molecule has 0 saturated carbocycles. The van der Waals surface area contributed by atoms with Gasteiger partial charge < -0.3 is 15.1 Å². The van der Waals surface area contributed by atoms with Crippen LogP contribution in [0.4, 0.5) is 17.2 Å². The standard InChI is InChI=1S/C18H24ClN5O/c1-18(2,3)17(25)24-9-7-23(8-10-24)16-15(12-20-22-16)21-14-6-4-5-13(19)11-14/h4-6,11-12,21H,7-10H2,1-3H3,(H,20,22). The van der Waals surface area contributed by atoms with Crippen LogP contribution in [-0.4, -0.2) is 47.2 Å². The quantitative estimate of drug-likeness (QED) is 0.878. The molecule has 1 aromatic carbocycles. The zero-order chi connectivity index (χ0) is 18.0. The Kier molecular flexibility index (Phi) is 4.90. The largest absolute Gasteiger partial charge is 0.352 e. The Morgan fingerprint density at radius 1 is 1.24 bits per heavy atom. The number of aromatic amines is 1. The van der Waals surface area contributed by atoms with Crippen molar-refractivity contribution in [2.24, 2.45) is 5.41 Å². The van der Waals surface area contributed by atoms with Gasteiger partial charge in [0.2, 0.25) is 5.91 Å². The van der Waals surface area contributed by atoms with E-state index in [1.807, 2.05) is 49.9 Å². The van der Waals surface area contributed by atoms with E-state index in [1.165, 1.54) is 0 Å². The summed E-state index contributed by atoms with van der Waals surface area (Å²) in [4.78, 5) is 16.6. The Morgan fingerprint density at radius 3 is 2.60 bits per heavy atom. The first kappa shape index (κ1) is 17.6. The number of H-pyrrole nitrogens is 1. The predicted molar refractivity (Wildman–Crippen MR) is 102 cm³/mol. The molecule has 0 bridgehead atoms. The zero-order valence-corrected chi connectivity index (χ0v) is 15.6. The minimum absolute atomic E-state index is 0.203. The number of halogens is 1. The fourth-order valence-corrected chi connectivity index (χ4v) is 3.13. The van der Waals surface area contributed by atoms with Crippen molar-refractivity contribution in [1.29, 1.82) is 0 Å². The molecule has 0 spiro atoms. The molecule has 7 heteroatoms.